The second kappa shape index (κ2) is 3.29. The summed E-state index contributed by atoms with van der Waals surface area (Å²) in [6, 6.07) is 0. The van der Waals surface area contributed by atoms with Gasteiger partial charge in [-0.2, -0.15) is 0 Å². The maximum Gasteiger partial charge on any atom is -0.0355 e. The molecular weight excluding hydrogens is 156 g/mol. The molecule has 0 N–H and O–H groups in total. The molecule has 0 aromatic carbocycles. The van der Waals surface area contributed by atoms with Crippen LogP contribution in [-0.4, -0.2) is 0 Å². The fourth-order valence-electron chi connectivity index (χ4n) is 3.92. The second-order valence-corrected chi connectivity index (χ2v) is 5.94. The van der Waals surface area contributed by atoms with Gasteiger partial charge >= 0.3 is 0 Å². The average molecular weight is 180 g/mol. The van der Waals surface area contributed by atoms with Crippen LogP contribution in [0, 0.1) is 35.5 Å². The molecule has 0 aromatic rings. The fraction of sp³-hybridized carbons (Fsp3) is 1.00. The van der Waals surface area contributed by atoms with Gasteiger partial charge in [0, 0.05) is 0 Å². The van der Waals surface area contributed by atoms with E-state index in [0.717, 1.165) is 35.5 Å². The Labute approximate surface area is 83.1 Å². The molecule has 2 aliphatic carbocycles. The lowest BCUT2D eigenvalue weighted by Gasteiger charge is -2.38. The Morgan fingerprint density at radius 1 is 0.538 bits per heavy atom. The zero-order valence-electron chi connectivity index (χ0n) is 9.59. The fourth-order valence-corrected chi connectivity index (χ4v) is 3.92. The number of fused-ring (bicyclic) bond motifs is 1. The predicted octanol–water partition coefficient (Wildman–Crippen LogP) is 3.96. The van der Waals surface area contributed by atoms with Crippen molar-refractivity contribution < 1.29 is 0 Å². The third-order valence-corrected chi connectivity index (χ3v) is 5.01. The molecule has 0 radical (unpaired) electrons. The highest BCUT2D eigenvalue weighted by Crippen LogP contribution is 2.51. The molecule has 0 bridgehead atoms. The van der Waals surface area contributed by atoms with Gasteiger partial charge in [0.05, 0.1) is 0 Å². The third kappa shape index (κ3) is 1.53. The van der Waals surface area contributed by atoms with Gasteiger partial charge in [-0.1, -0.05) is 27.7 Å². The first kappa shape index (κ1) is 9.55. The van der Waals surface area contributed by atoms with E-state index in [1.54, 1.807) is 0 Å². The lowest BCUT2D eigenvalue weighted by molar-refractivity contribution is 0.119. The van der Waals surface area contributed by atoms with Crippen LogP contribution in [0.25, 0.3) is 0 Å². The van der Waals surface area contributed by atoms with E-state index in [0.29, 0.717) is 0 Å². The highest BCUT2D eigenvalue weighted by atomic mass is 14.5. The lowest BCUT2D eigenvalue weighted by Crippen LogP contribution is -2.29. The molecule has 0 aromatic heterocycles. The quantitative estimate of drug-likeness (QED) is 0.529. The minimum Gasteiger partial charge on any atom is -0.0622 e. The van der Waals surface area contributed by atoms with Crippen LogP contribution >= 0.6 is 0 Å². The van der Waals surface area contributed by atoms with Crippen molar-refractivity contribution in [2.24, 2.45) is 35.5 Å². The lowest BCUT2D eigenvalue weighted by atomic mass is 9.68. The maximum absolute atomic E-state index is 2.48. The molecule has 0 saturated heterocycles. The first-order valence-corrected chi connectivity index (χ1v) is 6.09. The summed E-state index contributed by atoms with van der Waals surface area (Å²) in [5.41, 5.74) is 0. The van der Waals surface area contributed by atoms with Gasteiger partial charge in [-0.3, -0.25) is 0 Å². The molecule has 6 unspecified atom stereocenters. The van der Waals surface area contributed by atoms with Crippen LogP contribution in [0.4, 0.5) is 0 Å². The van der Waals surface area contributed by atoms with E-state index in [1.807, 2.05) is 0 Å². The Bertz CT molecular complexity index is 164. The molecular formula is C13H24. The van der Waals surface area contributed by atoms with Crippen molar-refractivity contribution in [3.05, 3.63) is 0 Å². The van der Waals surface area contributed by atoms with E-state index < -0.39 is 0 Å². The molecule has 0 amide bonds. The van der Waals surface area contributed by atoms with Gasteiger partial charge in [0.2, 0.25) is 0 Å². The molecule has 6 atom stereocenters. The first-order valence-electron chi connectivity index (χ1n) is 6.09. The largest absolute Gasteiger partial charge is 0.0622 e. The zero-order valence-corrected chi connectivity index (χ0v) is 9.59. The summed E-state index contributed by atoms with van der Waals surface area (Å²) >= 11 is 0. The van der Waals surface area contributed by atoms with Gasteiger partial charge in [-0.15, -0.1) is 0 Å². The summed E-state index contributed by atoms with van der Waals surface area (Å²) in [6.45, 7) is 9.86. The summed E-state index contributed by atoms with van der Waals surface area (Å²) in [4.78, 5) is 0. The SMILES string of the molecule is CC1CC2C(C)CC(C)C2CC1C. The molecule has 13 heavy (non-hydrogen) atoms. The Hall–Kier alpha value is 0. The van der Waals surface area contributed by atoms with Crippen molar-refractivity contribution in [2.45, 2.75) is 47.0 Å². The van der Waals surface area contributed by atoms with Crippen LogP contribution in [0.15, 0.2) is 0 Å². The average Bonchev–Trinajstić information content (AvgIpc) is 2.31. The summed E-state index contributed by atoms with van der Waals surface area (Å²) in [5, 5.41) is 0. The molecule has 2 rings (SSSR count). The van der Waals surface area contributed by atoms with Crippen LogP contribution in [0.5, 0.6) is 0 Å². The smallest absolute Gasteiger partial charge is 0.0355 e. The highest BCUT2D eigenvalue weighted by molar-refractivity contribution is 4.92. The first-order chi connectivity index (χ1) is 6.09. The van der Waals surface area contributed by atoms with Crippen molar-refractivity contribution >= 4 is 0 Å². The van der Waals surface area contributed by atoms with E-state index in [-0.39, 0.29) is 0 Å². The van der Waals surface area contributed by atoms with Crippen LogP contribution in [0.1, 0.15) is 47.0 Å². The molecule has 0 nitrogen and oxygen atoms in total. The molecule has 2 fully saturated rings. The van der Waals surface area contributed by atoms with E-state index in [4.69, 9.17) is 0 Å². The summed E-state index contributed by atoms with van der Waals surface area (Å²) in [7, 11) is 0. The Morgan fingerprint density at radius 2 is 0.923 bits per heavy atom. The second-order valence-electron chi connectivity index (χ2n) is 5.94. The van der Waals surface area contributed by atoms with Gasteiger partial charge in [-0.25, -0.2) is 0 Å². The van der Waals surface area contributed by atoms with Gasteiger partial charge in [0.25, 0.3) is 0 Å². The Morgan fingerprint density at radius 3 is 1.31 bits per heavy atom. The van der Waals surface area contributed by atoms with E-state index in [1.165, 1.54) is 19.3 Å². The van der Waals surface area contributed by atoms with Crippen molar-refractivity contribution in [3.63, 3.8) is 0 Å². The van der Waals surface area contributed by atoms with E-state index in [2.05, 4.69) is 27.7 Å². The van der Waals surface area contributed by atoms with Crippen molar-refractivity contribution in [3.8, 4) is 0 Å². The van der Waals surface area contributed by atoms with Crippen LogP contribution < -0.4 is 0 Å². The molecule has 0 heteroatoms. The minimum absolute atomic E-state index is 0.981. The topological polar surface area (TPSA) is 0 Å². The van der Waals surface area contributed by atoms with E-state index in [9.17, 15) is 0 Å². The van der Waals surface area contributed by atoms with Crippen molar-refractivity contribution in [1.82, 2.24) is 0 Å². The van der Waals surface area contributed by atoms with Crippen molar-refractivity contribution in [2.75, 3.05) is 0 Å². The molecule has 2 saturated carbocycles. The highest BCUT2D eigenvalue weighted by Gasteiger charge is 2.43. The monoisotopic (exact) mass is 180 g/mol. The number of rotatable bonds is 0. The maximum atomic E-state index is 2.48. The molecule has 0 heterocycles. The molecule has 2 aliphatic rings. The Balaban J connectivity index is 2.10. The Kier molecular flexibility index (Phi) is 2.42. The standard InChI is InChI=1S/C13H24/c1-8-6-12-10(3)5-11(4)13(12)7-9(8)2/h8-13H,5-7H2,1-4H3. The predicted molar refractivity (Wildman–Crippen MR) is 57.5 cm³/mol. The molecule has 0 spiro atoms. The molecule has 0 aliphatic heterocycles. The molecule has 76 valence electrons. The summed E-state index contributed by atoms with van der Waals surface area (Å²) in [6.07, 6.45) is 4.52. The van der Waals surface area contributed by atoms with Crippen LogP contribution in [-0.2, 0) is 0 Å². The summed E-state index contributed by atoms with van der Waals surface area (Å²) < 4.78 is 0. The summed E-state index contributed by atoms with van der Waals surface area (Å²) in [5.74, 6) is 6.12. The number of hydrogen-bond donors (Lipinski definition) is 0. The van der Waals surface area contributed by atoms with Gasteiger partial charge in [-0.05, 0) is 54.8 Å². The number of hydrogen-bond acceptors (Lipinski definition) is 0. The van der Waals surface area contributed by atoms with Crippen LogP contribution in [0.2, 0.25) is 0 Å². The zero-order chi connectivity index (χ0) is 9.59. The van der Waals surface area contributed by atoms with Gasteiger partial charge in [0.1, 0.15) is 0 Å². The van der Waals surface area contributed by atoms with Gasteiger partial charge in [0.15, 0.2) is 0 Å². The van der Waals surface area contributed by atoms with Gasteiger partial charge < -0.3 is 0 Å². The van der Waals surface area contributed by atoms with E-state index >= 15 is 0 Å². The normalized spacial score (nSPS) is 56.3. The van der Waals surface area contributed by atoms with Crippen molar-refractivity contribution in [1.29, 1.82) is 0 Å². The third-order valence-electron chi connectivity index (χ3n) is 5.01. The minimum atomic E-state index is 0.981. The van der Waals surface area contributed by atoms with Crippen LogP contribution in [0.3, 0.4) is 0 Å².